The van der Waals surface area contributed by atoms with Gasteiger partial charge in [-0.15, -0.1) is 0 Å². The van der Waals surface area contributed by atoms with Crippen LogP contribution in [0.15, 0.2) is 54.9 Å². The van der Waals surface area contributed by atoms with Crippen molar-refractivity contribution in [2.45, 2.75) is 90.2 Å². The van der Waals surface area contributed by atoms with Gasteiger partial charge in [0.15, 0.2) is 0 Å². The molecule has 0 unspecified atom stereocenters. The number of rotatable bonds is 9. The summed E-state index contributed by atoms with van der Waals surface area (Å²) in [6, 6.07) is 15.0. The summed E-state index contributed by atoms with van der Waals surface area (Å²) in [5.74, 6) is 2.19. The molecular formula is C34H45N3O3. The second kappa shape index (κ2) is 13.0. The van der Waals surface area contributed by atoms with Crippen LogP contribution in [0.1, 0.15) is 81.8 Å². The van der Waals surface area contributed by atoms with Gasteiger partial charge in [0, 0.05) is 36.5 Å². The number of aliphatic hydroxyl groups excluding tert-OH is 1. The maximum atomic E-state index is 14.0. The molecular weight excluding hydrogens is 498 g/mol. The second-order valence-electron chi connectivity index (χ2n) is 11.9. The summed E-state index contributed by atoms with van der Waals surface area (Å²) in [5, 5.41) is 14.6. The van der Waals surface area contributed by atoms with E-state index in [1.165, 1.54) is 11.1 Å². The number of aromatic nitrogens is 2. The summed E-state index contributed by atoms with van der Waals surface area (Å²) in [5.41, 5.74) is 5.75. The Morgan fingerprint density at radius 3 is 2.50 bits per heavy atom. The van der Waals surface area contributed by atoms with E-state index in [0.717, 1.165) is 80.6 Å². The van der Waals surface area contributed by atoms with E-state index in [4.69, 9.17) is 4.74 Å². The van der Waals surface area contributed by atoms with Gasteiger partial charge in [0.2, 0.25) is 5.91 Å². The van der Waals surface area contributed by atoms with Gasteiger partial charge in [0.25, 0.3) is 0 Å². The van der Waals surface area contributed by atoms with Crippen molar-refractivity contribution in [3.8, 4) is 16.9 Å². The van der Waals surface area contributed by atoms with Gasteiger partial charge in [-0.3, -0.25) is 9.48 Å². The lowest BCUT2D eigenvalue weighted by Crippen LogP contribution is -2.41. The van der Waals surface area contributed by atoms with Crippen molar-refractivity contribution in [3.63, 3.8) is 0 Å². The van der Waals surface area contributed by atoms with Gasteiger partial charge in [-0.05, 0) is 111 Å². The summed E-state index contributed by atoms with van der Waals surface area (Å²) in [7, 11) is 1.73. The molecule has 1 N–H and O–H groups in total. The molecule has 1 amide bonds. The van der Waals surface area contributed by atoms with Gasteiger partial charge >= 0.3 is 0 Å². The van der Waals surface area contributed by atoms with E-state index in [2.05, 4.69) is 72.5 Å². The van der Waals surface area contributed by atoms with Gasteiger partial charge in [0.1, 0.15) is 5.75 Å². The summed E-state index contributed by atoms with van der Waals surface area (Å²) in [6.07, 6.45) is 12.3. The predicted octanol–water partition coefficient (Wildman–Crippen LogP) is 7.14. The molecule has 0 radical (unpaired) electrons. The molecule has 0 atom stereocenters. The maximum Gasteiger partial charge on any atom is 0.230 e. The molecule has 0 saturated heterocycles. The third-order valence-corrected chi connectivity index (χ3v) is 9.07. The number of aliphatic hydroxyl groups is 1. The quantitative estimate of drug-likeness (QED) is 0.312. The van der Waals surface area contributed by atoms with Crippen LogP contribution in [-0.2, 0) is 11.3 Å². The molecule has 2 aliphatic carbocycles. The lowest BCUT2D eigenvalue weighted by Gasteiger charge is -2.36. The Balaban J connectivity index is 1.33. The van der Waals surface area contributed by atoms with Crippen LogP contribution in [0.25, 0.3) is 11.1 Å². The number of hydrogen-bond donors (Lipinski definition) is 1. The molecule has 2 aliphatic rings. The Bertz CT molecular complexity index is 1270. The lowest BCUT2D eigenvalue weighted by atomic mass is 9.78. The monoisotopic (exact) mass is 543 g/mol. The summed E-state index contributed by atoms with van der Waals surface area (Å²) >= 11 is 0. The molecule has 5 rings (SSSR count). The molecule has 0 bridgehead atoms. The van der Waals surface area contributed by atoms with Crippen LogP contribution >= 0.6 is 0 Å². The molecule has 2 fully saturated rings. The molecule has 2 aromatic carbocycles. The Hall–Kier alpha value is -3.12. The summed E-state index contributed by atoms with van der Waals surface area (Å²) in [4.78, 5) is 16.1. The number of ether oxygens (including phenoxy) is 1. The first kappa shape index (κ1) is 28.4. The Kier molecular flexibility index (Phi) is 9.25. The van der Waals surface area contributed by atoms with Crippen LogP contribution in [0.3, 0.4) is 0 Å². The summed E-state index contributed by atoms with van der Waals surface area (Å²) < 4.78 is 7.45. The molecule has 6 nitrogen and oxygen atoms in total. The number of methoxy groups -OCH3 is 1. The van der Waals surface area contributed by atoms with E-state index in [9.17, 15) is 9.90 Å². The Labute approximate surface area is 239 Å². The molecule has 214 valence electrons. The highest BCUT2D eigenvalue weighted by atomic mass is 16.5. The maximum absolute atomic E-state index is 14.0. The standard InChI is InChI=1S/C34H45N3O3/c1-4-18-36-23-30(21-35-36)28-6-5-7-31(20-28)37(34(39)27-12-15-32(38)16-13-27)22-25-8-10-26(11-9-25)29-14-17-33(40-3)24(2)19-29/h5-7,14,17,19-21,23,25-27,32,38H,4,8-13,15-16,18,22H2,1-3H3. The first-order valence-corrected chi connectivity index (χ1v) is 15.2. The molecule has 3 aromatic rings. The van der Waals surface area contributed by atoms with Gasteiger partial charge in [-0.2, -0.15) is 5.10 Å². The number of anilines is 1. The highest BCUT2D eigenvalue weighted by Gasteiger charge is 2.32. The van der Waals surface area contributed by atoms with Crippen LogP contribution in [0.2, 0.25) is 0 Å². The van der Waals surface area contributed by atoms with Crippen LogP contribution in [0.5, 0.6) is 5.75 Å². The van der Waals surface area contributed by atoms with Crippen LogP contribution < -0.4 is 9.64 Å². The van der Waals surface area contributed by atoms with Gasteiger partial charge in [-0.25, -0.2) is 0 Å². The SMILES string of the molecule is CCCn1cc(-c2cccc(N(CC3CCC(c4ccc(OC)c(C)c4)CC3)C(=O)C3CCC(O)CC3)c2)cn1. The Morgan fingerprint density at radius 1 is 1.02 bits per heavy atom. The minimum atomic E-state index is -0.266. The lowest BCUT2D eigenvalue weighted by molar-refractivity contribution is -0.124. The van der Waals surface area contributed by atoms with Gasteiger partial charge < -0.3 is 14.7 Å². The van der Waals surface area contributed by atoms with Crippen molar-refractivity contribution in [1.29, 1.82) is 0 Å². The fourth-order valence-electron chi connectivity index (χ4n) is 6.68. The molecule has 6 heteroatoms. The third-order valence-electron chi connectivity index (χ3n) is 9.07. The Morgan fingerprint density at radius 2 is 1.80 bits per heavy atom. The van der Waals surface area contributed by atoms with Gasteiger partial charge in [0.05, 0.1) is 19.4 Å². The second-order valence-corrected chi connectivity index (χ2v) is 11.9. The van der Waals surface area contributed by atoms with Crippen molar-refractivity contribution in [1.82, 2.24) is 9.78 Å². The highest BCUT2D eigenvalue weighted by Crippen LogP contribution is 2.39. The van der Waals surface area contributed by atoms with Crippen LogP contribution in [-0.4, -0.2) is 40.6 Å². The number of carbonyl (C=O) groups excluding carboxylic acids is 1. The van der Waals surface area contributed by atoms with E-state index in [-0.39, 0.29) is 17.9 Å². The molecule has 1 heterocycles. The topological polar surface area (TPSA) is 67.6 Å². The number of benzene rings is 2. The number of aryl methyl sites for hydroxylation is 2. The number of hydrogen-bond acceptors (Lipinski definition) is 4. The van der Waals surface area contributed by atoms with E-state index in [1.807, 2.05) is 10.9 Å². The normalized spacial score (nSPS) is 23.1. The fourth-order valence-corrected chi connectivity index (χ4v) is 6.68. The molecule has 1 aromatic heterocycles. The van der Waals surface area contributed by atoms with Crippen LogP contribution in [0.4, 0.5) is 5.69 Å². The minimum Gasteiger partial charge on any atom is -0.496 e. The minimum absolute atomic E-state index is 0.0158. The van der Waals surface area contributed by atoms with E-state index in [1.54, 1.807) is 7.11 Å². The van der Waals surface area contributed by atoms with Crippen molar-refractivity contribution >= 4 is 11.6 Å². The molecule has 2 saturated carbocycles. The molecule has 0 spiro atoms. The number of carbonyl (C=O) groups is 1. The molecule has 0 aliphatic heterocycles. The fraction of sp³-hybridized carbons (Fsp3) is 0.529. The first-order valence-electron chi connectivity index (χ1n) is 15.2. The average molecular weight is 544 g/mol. The van der Waals surface area contributed by atoms with Gasteiger partial charge in [-0.1, -0.05) is 31.2 Å². The van der Waals surface area contributed by atoms with Crippen molar-refractivity contribution < 1.29 is 14.6 Å². The third kappa shape index (κ3) is 6.60. The van der Waals surface area contributed by atoms with Crippen molar-refractivity contribution in [2.75, 3.05) is 18.6 Å². The van der Waals surface area contributed by atoms with E-state index < -0.39 is 0 Å². The largest absolute Gasteiger partial charge is 0.496 e. The van der Waals surface area contributed by atoms with Crippen LogP contribution in [0, 0.1) is 18.8 Å². The zero-order chi connectivity index (χ0) is 28.1. The predicted molar refractivity (Wildman–Crippen MR) is 161 cm³/mol. The smallest absolute Gasteiger partial charge is 0.230 e. The van der Waals surface area contributed by atoms with Crippen molar-refractivity contribution in [3.05, 3.63) is 66.0 Å². The highest BCUT2D eigenvalue weighted by molar-refractivity contribution is 5.95. The number of nitrogens with zero attached hydrogens (tertiary/aromatic N) is 3. The number of amides is 1. The van der Waals surface area contributed by atoms with E-state index >= 15 is 0 Å². The molecule has 40 heavy (non-hydrogen) atoms. The summed E-state index contributed by atoms with van der Waals surface area (Å²) in [6.45, 7) is 5.92. The van der Waals surface area contributed by atoms with Crippen molar-refractivity contribution in [2.24, 2.45) is 11.8 Å². The first-order chi connectivity index (χ1) is 19.4. The average Bonchev–Trinajstić information content (AvgIpc) is 3.45. The zero-order valence-electron chi connectivity index (χ0n) is 24.4. The zero-order valence-corrected chi connectivity index (χ0v) is 24.4. The van der Waals surface area contributed by atoms with E-state index in [0.29, 0.717) is 24.7 Å².